The number of benzene rings is 1. The van der Waals surface area contributed by atoms with Gasteiger partial charge in [-0.15, -0.1) is 0 Å². The summed E-state index contributed by atoms with van der Waals surface area (Å²) in [6, 6.07) is 5.96. The van der Waals surface area contributed by atoms with Crippen LogP contribution in [0.3, 0.4) is 0 Å². The molecular weight excluding hydrogens is 332 g/mol. The maximum absolute atomic E-state index is 5.78. The smallest absolute Gasteiger partial charge is 0.106 e. The summed E-state index contributed by atoms with van der Waals surface area (Å²) in [6.45, 7) is 7.76. The standard InChI is InChI=1S/C16H25BrN2S/c1-4-5-6-9-16(2,3)11-19-14-10-12(17)7-8-13(14)15(18)20/h7-8,10,19H,4-6,9,11H2,1-3H3,(H2,18,20). The molecule has 0 amide bonds. The first-order chi connectivity index (χ1) is 9.35. The fraction of sp³-hybridized carbons (Fsp3) is 0.562. The second-order valence-electron chi connectivity index (χ2n) is 6.03. The third-order valence-corrected chi connectivity index (χ3v) is 4.17. The number of nitrogens with one attached hydrogen (secondary N) is 1. The molecule has 1 aromatic carbocycles. The SMILES string of the molecule is CCCCCC(C)(C)CNc1cc(Br)ccc1C(N)=S. The maximum Gasteiger partial charge on any atom is 0.106 e. The van der Waals surface area contributed by atoms with Crippen molar-refractivity contribution in [2.45, 2.75) is 46.5 Å². The summed E-state index contributed by atoms with van der Waals surface area (Å²) in [5, 5.41) is 3.51. The zero-order chi connectivity index (χ0) is 15.2. The summed E-state index contributed by atoms with van der Waals surface area (Å²) in [4.78, 5) is 0.434. The Bertz CT molecular complexity index is 458. The van der Waals surface area contributed by atoms with E-state index in [4.69, 9.17) is 18.0 Å². The summed E-state index contributed by atoms with van der Waals surface area (Å²) >= 11 is 8.60. The summed E-state index contributed by atoms with van der Waals surface area (Å²) < 4.78 is 1.03. The van der Waals surface area contributed by atoms with Crippen molar-refractivity contribution >= 4 is 38.8 Å². The van der Waals surface area contributed by atoms with Gasteiger partial charge in [-0.25, -0.2) is 0 Å². The Labute approximate surface area is 136 Å². The molecular formula is C16H25BrN2S. The topological polar surface area (TPSA) is 38.0 Å². The number of rotatable bonds is 8. The Morgan fingerprint density at radius 1 is 1.35 bits per heavy atom. The Hall–Kier alpha value is -0.610. The molecule has 0 radical (unpaired) electrons. The number of hydrogen-bond donors (Lipinski definition) is 2. The molecule has 0 spiro atoms. The summed E-state index contributed by atoms with van der Waals surface area (Å²) in [6.07, 6.45) is 5.08. The fourth-order valence-corrected chi connectivity index (χ4v) is 2.69. The van der Waals surface area contributed by atoms with Crippen LogP contribution in [0.25, 0.3) is 0 Å². The molecule has 0 aliphatic heterocycles. The molecule has 0 aliphatic rings. The largest absolute Gasteiger partial charge is 0.389 e. The predicted octanol–water partition coefficient (Wildman–Crippen LogP) is 5.10. The molecule has 20 heavy (non-hydrogen) atoms. The van der Waals surface area contributed by atoms with Gasteiger partial charge in [-0.05, 0) is 30.0 Å². The van der Waals surface area contributed by atoms with E-state index in [0.717, 1.165) is 22.3 Å². The van der Waals surface area contributed by atoms with Crippen LogP contribution in [-0.4, -0.2) is 11.5 Å². The highest BCUT2D eigenvalue weighted by molar-refractivity contribution is 9.10. The maximum atomic E-state index is 5.78. The van der Waals surface area contributed by atoms with E-state index in [1.165, 1.54) is 25.7 Å². The molecule has 0 bridgehead atoms. The molecule has 1 aromatic rings. The second kappa shape index (κ2) is 7.99. The number of unbranched alkanes of at least 4 members (excludes halogenated alkanes) is 2. The first-order valence-corrected chi connectivity index (χ1v) is 8.39. The Balaban J connectivity index is 2.68. The van der Waals surface area contributed by atoms with Crippen molar-refractivity contribution in [3.63, 3.8) is 0 Å². The van der Waals surface area contributed by atoms with Crippen molar-refractivity contribution < 1.29 is 0 Å². The molecule has 0 atom stereocenters. The van der Waals surface area contributed by atoms with Crippen LogP contribution in [0.2, 0.25) is 0 Å². The minimum Gasteiger partial charge on any atom is -0.389 e. The van der Waals surface area contributed by atoms with Crippen LogP contribution in [0.5, 0.6) is 0 Å². The average molecular weight is 357 g/mol. The van der Waals surface area contributed by atoms with Crippen LogP contribution < -0.4 is 11.1 Å². The van der Waals surface area contributed by atoms with Crippen LogP contribution in [0.4, 0.5) is 5.69 Å². The zero-order valence-corrected chi connectivity index (χ0v) is 15.0. The summed E-state index contributed by atoms with van der Waals surface area (Å²) in [7, 11) is 0. The Kier molecular flexibility index (Phi) is 6.96. The van der Waals surface area contributed by atoms with Crippen molar-refractivity contribution in [2.24, 2.45) is 11.1 Å². The van der Waals surface area contributed by atoms with Gasteiger partial charge in [0.1, 0.15) is 4.99 Å². The lowest BCUT2D eigenvalue weighted by Crippen LogP contribution is -2.24. The van der Waals surface area contributed by atoms with Gasteiger partial charge in [0.2, 0.25) is 0 Å². The highest BCUT2D eigenvalue weighted by Gasteiger charge is 2.18. The van der Waals surface area contributed by atoms with Crippen molar-refractivity contribution in [1.82, 2.24) is 0 Å². The molecule has 0 heterocycles. The van der Waals surface area contributed by atoms with Crippen LogP contribution in [0.1, 0.15) is 52.0 Å². The minimum absolute atomic E-state index is 0.269. The van der Waals surface area contributed by atoms with E-state index in [2.05, 4.69) is 42.0 Å². The van der Waals surface area contributed by atoms with E-state index >= 15 is 0 Å². The molecule has 0 aromatic heterocycles. The van der Waals surface area contributed by atoms with Gasteiger partial charge in [-0.1, -0.05) is 68.2 Å². The molecule has 1 rings (SSSR count). The van der Waals surface area contributed by atoms with Gasteiger partial charge in [0.25, 0.3) is 0 Å². The molecule has 0 saturated carbocycles. The highest BCUT2D eigenvalue weighted by Crippen LogP contribution is 2.27. The van der Waals surface area contributed by atoms with E-state index in [0.29, 0.717) is 4.99 Å². The molecule has 4 heteroatoms. The van der Waals surface area contributed by atoms with Gasteiger partial charge in [0.05, 0.1) is 0 Å². The van der Waals surface area contributed by atoms with Crippen molar-refractivity contribution in [1.29, 1.82) is 0 Å². The van der Waals surface area contributed by atoms with Gasteiger partial charge < -0.3 is 11.1 Å². The lowest BCUT2D eigenvalue weighted by molar-refractivity contribution is 0.342. The first-order valence-electron chi connectivity index (χ1n) is 7.19. The van der Waals surface area contributed by atoms with Crippen LogP contribution in [-0.2, 0) is 0 Å². The molecule has 0 saturated heterocycles. The van der Waals surface area contributed by atoms with Gasteiger partial charge in [-0.2, -0.15) is 0 Å². The van der Waals surface area contributed by atoms with Crippen molar-refractivity contribution in [3.05, 3.63) is 28.2 Å². The normalized spacial score (nSPS) is 11.4. The molecule has 0 fully saturated rings. The van der Waals surface area contributed by atoms with E-state index in [1.54, 1.807) is 0 Å². The summed E-state index contributed by atoms with van der Waals surface area (Å²) in [5.74, 6) is 0. The first kappa shape index (κ1) is 17.4. The molecule has 0 aliphatic carbocycles. The van der Waals surface area contributed by atoms with Gasteiger partial charge in [0.15, 0.2) is 0 Å². The van der Waals surface area contributed by atoms with E-state index in [9.17, 15) is 0 Å². The Morgan fingerprint density at radius 3 is 2.65 bits per heavy atom. The number of hydrogen-bond acceptors (Lipinski definition) is 2. The second-order valence-corrected chi connectivity index (χ2v) is 7.38. The lowest BCUT2D eigenvalue weighted by atomic mass is 9.86. The number of anilines is 1. The van der Waals surface area contributed by atoms with Gasteiger partial charge >= 0.3 is 0 Å². The highest BCUT2D eigenvalue weighted by atomic mass is 79.9. The molecule has 3 N–H and O–H groups in total. The third-order valence-electron chi connectivity index (χ3n) is 3.46. The third kappa shape index (κ3) is 5.80. The Morgan fingerprint density at radius 2 is 2.05 bits per heavy atom. The molecule has 0 unspecified atom stereocenters. The monoisotopic (exact) mass is 356 g/mol. The van der Waals surface area contributed by atoms with Crippen LogP contribution in [0, 0.1) is 5.41 Å². The molecule has 2 nitrogen and oxygen atoms in total. The zero-order valence-electron chi connectivity index (χ0n) is 12.6. The molecule has 112 valence electrons. The minimum atomic E-state index is 0.269. The number of thiocarbonyl (C=S) groups is 1. The summed E-state index contributed by atoms with van der Waals surface area (Å²) in [5.41, 5.74) is 7.97. The average Bonchev–Trinajstić information content (AvgIpc) is 2.36. The quantitative estimate of drug-likeness (QED) is 0.502. The van der Waals surface area contributed by atoms with Gasteiger partial charge in [0, 0.05) is 22.3 Å². The predicted molar refractivity (Wildman–Crippen MR) is 96.4 cm³/mol. The van der Waals surface area contributed by atoms with Crippen LogP contribution in [0.15, 0.2) is 22.7 Å². The van der Waals surface area contributed by atoms with E-state index < -0.39 is 0 Å². The van der Waals surface area contributed by atoms with Crippen LogP contribution >= 0.6 is 28.1 Å². The van der Waals surface area contributed by atoms with Crippen molar-refractivity contribution in [3.8, 4) is 0 Å². The fourth-order valence-electron chi connectivity index (χ4n) is 2.15. The van der Waals surface area contributed by atoms with Crippen molar-refractivity contribution in [2.75, 3.05) is 11.9 Å². The number of halogens is 1. The van der Waals surface area contributed by atoms with E-state index in [1.807, 2.05) is 18.2 Å². The van der Waals surface area contributed by atoms with Gasteiger partial charge in [-0.3, -0.25) is 0 Å². The lowest BCUT2D eigenvalue weighted by Gasteiger charge is -2.26. The van der Waals surface area contributed by atoms with E-state index in [-0.39, 0.29) is 5.41 Å². The number of nitrogens with two attached hydrogens (primary N) is 1.